The number of hydrogen-bond donors (Lipinski definition) is 1. The lowest BCUT2D eigenvalue weighted by atomic mass is 9.69. The van der Waals surface area contributed by atoms with Gasteiger partial charge in [0.15, 0.2) is 11.3 Å². The zero-order chi connectivity index (χ0) is 14.2. The van der Waals surface area contributed by atoms with Gasteiger partial charge in [0.1, 0.15) is 0 Å². The Morgan fingerprint density at radius 2 is 2.10 bits per heavy atom. The lowest BCUT2D eigenvalue weighted by molar-refractivity contribution is 0.300. The number of hydrogen-bond acceptors (Lipinski definition) is 3. The maximum absolute atomic E-state index is 6.64. The summed E-state index contributed by atoms with van der Waals surface area (Å²) >= 11 is 6.64. The molecule has 0 amide bonds. The molecule has 0 atom stereocenters. The fourth-order valence-corrected chi connectivity index (χ4v) is 3.83. The van der Waals surface area contributed by atoms with Crippen LogP contribution in [0.2, 0.25) is 5.02 Å². The minimum absolute atomic E-state index is 0.0198. The van der Waals surface area contributed by atoms with Crippen molar-refractivity contribution in [3.63, 3.8) is 0 Å². The van der Waals surface area contributed by atoms with Crippen LogP contribution in [-0.4, -0.2) is 13.7 Å². The smallest absolute Gasteiger partial charge is 0.177 e. The number of fused-ring (bicyclic) bond motifs is 1. The first-order chi connectivity index (χ1) is 9.72. The van der Waals surface area contributed by atoms with Gasteiger partial charge in [0, 0.05) is 17.3 Å². The van der Waals surface area contributed by atoms with E-state index in [1.54, 1.807) is 13.4 Å². The van der Waals surface area contributed by atoms with Gasteiger partial charge in [0.05, 0.1) is 18.4 Å². The molecule has 2 N–H and O–H groups in total. The van der Waals surface area contributed by atoms with Crippen molar-refractivity contribution in [1.82, 2.24) is 0 Å². The average Bonchev–Trinajstić information content (AvgIpc) is 2.98. The van der Waals surface area contributed by atoms with E-state index in [1.807, 2.05) is 12.1 Å². The van der Waals surface area contributed by atoms with Crippen LogP contribution in [0, 0.1) is 0 Å². The standard InChI is InChI=1S/C16H20ClNO2/c1-19-13-9-12(14(17)11-5-8-20-15(11)13)16(10-18)6-3-2-4-7-16/h5,8-9H,2-4,6-7,10,18H2,1H3. The molecular weight excluding hydrogens is 274 g/mol. The molecule has 1 aliphatic carbocycles. The number of methoxy groups -OCH3 is 1. The van der Waals surface area contributed by atoms with Gasteiger partial charge in [-0.25, -0.2) is 0 Å². The number of nitrogens with two attached hydrogens (primary N) is 1. The fourth-order valence-electron chi connectivity index (χ4n) is 3.43. The molecule has 0 bridgehead atoms. The molecule has 1 fully saturated rings. The van der Waals surface area contributed by atoms with E-state index in [0.29, 0.717) is 12.1 Å². The Labute approximate surface area is 124 Å². The first-order valence-electron chi connectivity index (χ1n) is 7.16. The third-order valence-electron chi connectivity index (χ3n) is 4.63. The molecule has 1 heterocycles. The highest BCUT2D eigenvalue weighted by atomic mass is 35.5. The van der Waals surface area contributed by atoms with Gasteiger partial charge in [0.25, 0.3) is 0 Å². The van der Waals surface area contributed by atoms with Gasteiger partial charge in [-0.2, -0.15) is 0 Å². The third kappa shape index (κ3) is 2.00. The molecule has 0 saturated heterocycles. The Balaban J connectivity index is 2.21. The molecule has 4 heteroatoms. The summed E-state index contributed by atoms with van der Waals surface area (Å²) in [5, 5.41) is 1.68. The van der Waals surface area contributed by atoms with Crippen molar-refractivity contribution < 1.29 is 9.15 Å². The normalized spacial score (nSPS) is 18.4. The van der Waals surface area contributed by atoms with Crippen LogP contribution in [0.4, 0.5) is 0 Å². The van der Waals surface area contributed by atoms with Crippen molar-refractivity contribution in [2.45, 2.75) is 37.5 Å². The van der Waals surface area contributed by atoms with Crippen LogP contribution in [0.5, 0.6) is 5.75 Å². The summed E-state index contributed by atoms with van der Waals surface area (Å²) in [6.45, 7) is 0.624. The summed E-state index contributed by atoms with van der Waals surface area (Å²) in [4.78, 5) is 0. The lowest BCUT2D eigenvalue weighted by Gasteiger charge is -2.37. The third-order valence-corrected chi connectivity index (χ3v) is 5.04. The molecule has 1 aromatic carbocycles. The van der Waals surface area contributed by atoms with E-state index in [2.05, 4.69) is 0 Å². The quantitative estimate of drug-likeness (QED) is 0.920. The topological polar surface area (TPSA) is 48.4 Å². The number of furan rings is 1. The lowest BCUT2D eigenvalue weighted by Crippen LogP contribution is -2.37. The van der Waals surface area contributed by atoms with E-state index in [1.165, 1.54) is 19.3 Å². The van der Waals surface area contributed by atoms with Crippen LogP contribution in [0.3, 0.4) is 0 Å². The second-order valence-corrected chi connectivity index (χ2v) is 6.03. The molecule has 3 nitrogen and oxygen atoms in total. The summed E-state index contributed by atoms with van der Waals surface area (Å²) in [5.74, 6) is 0.739. The van der Waals surface area contributed by atoms with Crippen molar-refractivity contribution in [2.75, 3.05) is 13.7 Å². The van der Waals surface area contributed by atoms with Gasteiger partial charge in [-0.3, -0.25) is 0 Å². The van der Waals surface area contributed by atoms with E-state index in [0.717, 1.165) is 34.6 Å². The number of halogens is 1. The molecule has 0 spiro atoms. The second kappa shape index (κ2) is 5.30. The second-order valence-electron chi connectivity index (χ2n) is 5.65. The fraction of sp³-hybridized carbons (Fsp3) is 0.500. The van der Waals surface area contributed by atoms with E-state index in [9.17, 15) is 0 Å². The predicted molar refractivity (Wildman–Crippen MR) is 81.6 cm³/mol. The molecular formula is C16H20ClNO2. The average molecular weight is 294 g/mol. The summed E-state index contributed by atoms with van der Waals surface area (Å²) in [6.07, 6.45) is 7.54. The summed E-state index contributed by atoms with van der Waals surface area (Å²) in [5.41, 5.74) is 7.94. The Morgan fingerprint density at radius 1 is 1.35 bits per heavy atom. The minimum Gasteiger partial charge on any atom is -0.493 e. The van der Waals surface area contributed by atoms with Gasteiger partial charge >= 0.3 is 0 Å². The molecule has 1 saturated carbocycles. The largest absolute Gasteiger partial charge is 0.493 e. The molecule has 3 rings (SSSR count). The van der Waals surface area contributed by atoms with Crippen LogP contribution in [0.15, 0.2) is 22.8 Å². The molecule has 1 aliphatic rings. The van der Waals surface area contributed by atoms with Gasteiger partial charge < -0.3 is 14.9 Å². The molecule has 0 aliphatic heterocycles. The molecule has 2 aromatic rings. The van der Waals surface area contributed by atoms with E-state index in [-0.39, 0.29) is 5.41 Å². The first-order valence-corrected chi connectivity index (χ1v) is 7.54. The maximum Gasteiger partial charge on any atom is 0.177 e. The molecule has 1 aromatic heterocycles. The zero-order valence-electron chi connectivity index (χ0n) is 11.7. The summed E-state index contributed by atoms with van der Waals surface area (Å²) in [7, 11) is 1.66. The molecule has 108 valence electrons. The van der Waals surface area contributed by atoms with Crippen LogP contribution in [-0.2, 0) is 5.41 Å². The Bertz CT molecular complexity index is 614. The Hall–Kier alpha value is -1.19. The number of ether oxygens (including phenoxy) is 1. The number of rotatable bonds is 3. The van der Waals surface area contributed by atoms with Gasteiger partial charge in [0.2, 0.25) is 0 Å². The van der Waals surface area contributed by atoms with Crippen LogP contribution < -0.4 is 10.5 Å². The first kappa shape index (κ1) is 13.8. The SMILES string of the molecule is COc1cc(C2(CN)CCCCC2)c(Cl)c2ccoc12. The van der Waals surface area contributed by atoms with Gasteiger partial charge in [-0.15, -0.1) is 0 Å². The van der Waals surface area contributed by atoms with Gasteiger partial charge in [-0.05, 0) is 30.5 Å². The maximum atomic E-state index is 6.64. The van der Waals surface area contributed by atoms with Gasteiger partial charge in [-0.1, -0.05) is 30.9 Å². The monoisotopic (exact) mass is 293 g/mol. The zero-order valence-corrected chi connectivity index (χ0v) is 12.5. The van der Waals surface area contributed by atoms with E-state index in [4.69, 9.17) is 26.5 Å². The molecule has 0 unspecified atom stereocenters. The van der Waals surface area contributed by atoms with Crippen molar-refractivity contribution in [3.8, 4) is 5.75 Å². The van der Waals surface area contributed by atoms with Crippen LogP contribution >= 0.6 is 11.6 Å². The summed E-state index contributed by atoms with van der Waals surface area (Å²) in [6, 6.07) is 3.92. The van der Waals surface area contributed by atoms with Crippen molar-refractivity contribution >= 4 is 22.6 Å². The predicted octanol–water partition coefficient (Wildman–Crippen LogP) is 4.26. The molecule has 20 heavy (non-hydrogen) atoms. The van der Waals surface area contributed by atoms with Crippen molar-refractivity contribution in [3.05, 3.63) is 29.0 Å². The van der Waals surface area contributed by atoms with Crippen molar-refractivity contribution in [1.29, 1.82) is 0 Å². The van der Waals surface area contributed by atoms with E-state index < -0.39 is 0 Å². The Morgan fingerprint density at radius 3 is 2.75 bits per heavy atom. The van der Waals surface area contributed by atoms with Crippen LogP contribution in [0.1, 0.15) is 37.7 Å². The number of benzene rings is 1. The highest BCUT2D eigenvalue weighted by molar-refractivity contribution is 6.36. The highest BCUT2D eigenvalue weighted by Gasteiger charge is 2.35. The minimum atomic E-state index is -0.0198. The Kier molecular flexibility index (Phi) is 3.65. The highest BCUT2D eigenvalue weighted by Crippen LogP contribution is 2.46. The van der Waals surface area contributed by atoms with Crippen LogP contribution in [0.25, 0.3) is 11.0 Å². The van der Waals surface area contributed by atoms with Crippen molar-refractivity contribution in [2.24, 2.45) is 5.73 Å². The van der Waals surface area contributed by atoms with E-state index >= 15 is 0 Å². The molecule has 0 radical (unpaired) electrons. The summed E-state index contributed by atoms with van der Waals surface area (Å²) < 4.78 is 11.0.